The van der Waals surface area contributed by atoms with Crippen LogP contribution in [-0.4, -0.2) is 34.9 Å². The van der Waals surface area contributed by atoms with Crippen molar-refractivity contribution >= 4 is 9.84 Å². The molecular formula is C11H16N2O3S. The molecule has 0 aromatic carbocycles. The normalized spacial score (nSPS) is 31.4. The summed E-state index contributed by atoms with van der Waals surface area (Å²) in [6.45, 7) is 0.483. The first-order valence-corrected chi connectivity index (χ1v) is 7.73. The lowest BCUT2D eigenvalue weighted by Gasteiger charge is -2.22. The van der Waals surface area contributed by atoms with Crippen LogP contribution in [0.5, 0.6) is 0 Å². The number of imidazole rings is 1. The van der Waals surface area contributed by atoms with E-state index in [0.29, 0.717) is 18.8 Å². The lowest BCUT2D eigenvalue weighted by atomic mass is 10.1. The fraction of sp³-hybridized carbons (Fsp3) is 0.727. The number of sulfone groups is 1. The smallest absolute Gasteiger partial charge is 0.160 e. The van der Waals surface area contributed by atoms with Gasteiger partial charge in [-0.05, 0) is 25.7 Å². The monoisotopic (exact) mass is 256 g/mol. The van der Waals surface area contributed by atoms with Crippen LogP contribution in [0, 0.1) is 0 Å². The Balaban J connectivity index is 2.02. The molecule has 3 rings (SSSR count). The highest BCUT2D eigenvalue weighted by molar-refractivity contribution is 7.91. The van der Waals surface area contributed by atoms with Gasteiger partial charge in [-0.15, -0.1) is 0 Å². The highest BCUT2D eigenvalue weighted by Gasteiger charge is 2.37. The number of aryl methyl sites for hydroxylation is 1. The van der Waals surface area contributed by atoms with E-state index in [1.165, 1.54) is 0 Å². The second-order valence-electron chi connectivity index (χ2n) is 4.91. The minimum Gasteiger partial charge on any atom is -0.391 e. The maximum atomic E-state index is 11.9. The molecule has 1 saturated heterocycles. The number of hydrogen-bond acceptors (Lipinski definition) is 4. The van der Waals surface area contributed by atoms with Crippen LogP contribution in [0.2, 0.25) is 0 Å². The molecule has 3 heterocycles. The van der Waals surface area contributed by atoms with Crippen molar-refractivity contribution in [3.63, 3.8) is 0 Å². The molecule has 2 atom stereocenters. The summed E-state index contributed by atoms with van der Waals surface area (Å²) in [5.74, 6) is 0.902. The average Bonchev–Trinajstić information content (AvgIpc) is 2.80. The zero-order valence-electron chi connectivity index (χ0n) is 9.54. The molecule has 1 N–H and O–H groups in total. The lowest BCUT2D eigenvalue weighted by Crippen LogP contribution is -2.26. The summed E-state index contributed by atoms with van der Waals surface area (Å²) in [7, 11) is -3.03. The number of fused-ring (bicyclic) bond motifs is 1. The third kappa shape index (κ3) is 1.79. The van der Waals surface area contributed by atoms with Gasteiger partial charge in [-0.3, -0.25) is 0 Å². The highest BCUT2D eigenvalue weighted by atomic mass is 32.2. The van der Waals surface area contributed by atoms with E-state index in [1.807, 2.05) is 4.57 Å². The maximum Gasteiger partial charge on any atom is 0.160 e. The van der Waals surface area contributed by atoms with Gasteiger partial charge in [0.1, 0.15) is 11.1 Å². The second kappa shape index (κ2) is 3.81. The van der Waals surface area contributed by atoms with Crippen LogP contribution in [0.15, 0.2) is 6.20 Å². The van der Waals surface area contributed by atoms with Crippen molar-refractivity contribution in [3.8, 4) is 0 Å². The highest BCUT2D eigenvalue weighted by Crippen LogP contribution is 2.35. The molecule has 6 heteroatoms. The topological polar surface area (TPSA) is 72.2 Å². The van der Waals surface area contributed by atoms with E-state index in [2.05, 4.69) is 4.98 Å². The first-order chi connectivity index (χ1) is 8.08. The summed E-state index contributed by atoms with van der Waals surface area (Å²) < 4.78 is 25.7. The first kappa shape index (κ1) is 11.2. The van der Waals surface area contributed by atoms with E-state index in [9.17, 15) is 13.5 Å². The molecule has 17 heavy (non-hydrogen) atoms. The van der Waals surface area contributed by atoms with Gasteiger partial charge in [0.05, 0.1) is 18.4 Å². The minimum absolute atomic E-state index is 0.266. The molecule has 0 aliphatic carbocycles. The largest absolute Gasteiger partial charge is 0.391 e. The van der Waals surface area contributed by atoms with E-state index >= 15 is 0 Å². The van der Waals surface area contributed by atoms with Crippen molar-refractivity contribution in [2.75, 3.05) is 5.75 Å². The number of aromatic nitrogens is 2. The molecular weight excluding hydrogens is 240 g/mol. The predicted molar refractivity (Wildman–Crippen MR) is 62.3 cm³/mol. The van der Waals surface area contributed by atoms with Crippen molar-refractivity contribution in [1.82, 2.24) is 9.55 Å². The van der Waals surface area contributed by atoms with Crippen LogP contribution in [-0.2, 0) is 22.8 Å². The van der Waals surface area contributed by atoms with Crippen LogP contribution < -0.4 is 0 Å². The van der Waals surface area contributed by atoms with E-state index in [4.69, 9.17) is 0 Å². The molecule has 94 valence electrons. The van der Waals surface area contributed by atoms with Gasteiger partial charge >= 0.3 is 0 Å². The van der Waals surface area contributed by atoms with Crippen LogP contribution in [0.3, 0.4) is 0 Å². The van der Waals surface area contributed by atoms with Gasteiger partial charge in [-0.25, -0.2) is 13.4 Å². The summed E-state index contributed by atoms with van der Waals surface area (Å²) in [6, 6.07) is 0. The van der Waals surface area contributed by atoms with Gasteiger partial charge < -0.3 is 9.67 Å². The number of aliphatic hydroxyl groups excluding tert-OH is 1. The van der Waals surface area contributed by atoms with Crippen molar-refractivity contribution in [2.24, 2.45) is 0 Å². The quantitative estimate of drug-likeness (QED) is 0.791. The average molecular weight is 256 g/mol. The Hall–Kier alpha value is -0.880. The SMILES string of the molecule is O=S1(=O)CCCC1c1ncc2n1CC(O)CC2. The zero-order valence-corrected chi connectivity index (χ0v) is 10.4. The summed E-state index contributed by atoms with van der Waals surface area (Å²) in [4.78, 5) is 4.28. The molecule has 0 amide bonds. The minimum atomic E-state index is -3.03. The molecule has 2 aliphatic rings. The standard InChI is InChI=1S/C11H16N2O3S/c14-9-4-3-8-6-12-11(13(8)7-9)10-2-1-5-17(10,15)16/h6,9-10,14H,1-5,7H2. The molecule has 0 radical (unpaired) electrons. The zero-order chi connectivity index (χ0) is 12.0. The molecule has 1 aromatic heterocycles. The van der Waals surface area contributed by atoms with Gasteiger partial charge in [0.15, 0.2) is 9.84 Å². The fourth-order valence-corrected chi connectivity index (χ4v) is 4.68. The number of rotatable bonds is 1. The third-order valence-electron chi connectivity index (χ3n) is 3.71. The first-order valence-electron chi connectivity index (χ1n) is 6.02. The molecule has 0 saturated carbocycles. The van der Waals surface area contributed by atoms with Crippen molar-refractivity contribution in [3.05, 3.63) is 17.7 Å². The van der Waals surface area contributed by atoms with Gasteiger partial charge in [-0.2, -0.15) is 0 Å². The van der Waals surface area contributed by atoms with E-state index in [-0.39, 0.29) is 11.9 Å². The summed E-state index contributed by atoms with van der Waals surface area (Å²) in [5.41, 5.74) is 1.05. The van der Waals surface area contributed by atoms with Crippen molar-refractivity contribution in [1.29, 1.82) is 0 Å². The Morgan fingerprint density at radius 1 is 1.41 bits per heavy atom. The molecule has 1 fully saturated rings. The summed E-state index contributed by atoms with van der Waals surface area (Å²) in [5, 5.41) is 9.22. The van der Waals surface area contributed by atoms with Crippen molar-refractivity contribution < 1.29 is 13.5 Å². The molecule has 0 spiro atoms. The second-order valence-corrected chi connectivity index (χ2v) is 7.21. The Morgan fingerprint density at radius 3 is 2.94 bits per heavy atom. The third-order valence-corrected chi connectivity index (χ3v) is 5.88. The molecule has 0 bridgehead atoms. The Morgan fingerprint density at radius 2 is 2.24 bits per heavy atom. The van der Waals surface area contributed by atoms with Crippen LogP contribution in [0.25, 0.3) is 0 Å². The van der Waals surface area contributed by atoms with E-state index in [0.717, 1.165) is 25.0 Å². The van der Waals surface area contributed by atoms with Gasteiger partial charge in [-0.1, -0.05) is 0 Å². The van der Waals surface area contributed by atoms with Gasteiger partial charge in [0.2, 0.25) is 0 Å². The van der Waals surface area contributed by atoms with Crippen LogP contribution in [0.4, 0.5) is 0 Å². The molecule has 5 nitrogen and oxygen atoms in total. The number of hydrogen-bond donors (Lipinski definition) is 1. The van der Waals surface area contributed by atoms with Crippen LogP contribution >= 0.6 is 0 Å². The maximum absolute atomic E-state index is 11.9. The Bertz CT molecular complexity index is 535. The summed E-state index contributed by atoms with van der Waals surface area (Å²) in [6.07, 6.45) is 4.28. The fourth-order valence-electron chi connectivity index (χ4n) is 2.79. The number of aliphatic hydroxyl groups is 1. The Labute approximate surface area is 100 Å². The van der Waals surface area contributed by atoms with E-state index < -0.39 is 15.1 Å². The Kier molecular flexibility index (Phi) is 2.52. The number of nitrogens with zero attached hydrogens (tertiary/aromatic N) is 2. The van der Waals surface area contributed by atoms with E-state index in [1.54, 1.807) is 6.20 Å². The lowest BCUT2D eigenvalue weighted by molar-refractivity contribution is 0.130. The molecule has 2 unspecified atom stereocenters. The van der Waals surface area contributed by atoms with Gasteiger partial charge in [0.25, 0.3) is 0 Å². The van der Waals surface area contributed by atoms with Crippen LogP contribution in [0.1, 0.15) is 36.0 Å². The van der Waals surface area contributed by atoms with Gasteiger partial charge in [0, 0.05) is 11.9 Å². The molecule has 2 aliphatic heterocycles. The molecule has 1 aromatic rings. The summed E-state index contributed by atoms with van der Waals surface area (Å²) >= 11 is 0. The predicted octanol–water partition coefficient (Wildman–Crippen LogP) is 0.440. The van der Waals surface area contributed by atoms with Crippen molar-refractivity contribution in [2.45, 2.75) is 43.6 Å².